The fraction of sp³-hybridized carbons (Fsp3) is 0. The molecule has 0 aliphatic carbocycles. The van der Waals surface area contributed by atoms with Crippen LogP contribution in [0.25, 0.3) is 0 Å². The average Bonchev–Trinajstić information content (AvgIpc) is 2.33. The van der Waals surface area contributed by atoms with Crippen LogP contribution < -0.4 is 5.32 Å². The maximum atomic E-state index is 12.1. The van der Waals surface area contributed by atoms with Gasteiger partial charge in [-0.15, -0.1) is 0 Å². The van der Waals surface area contributed by atoms with Gasteiger partial charge in [-0.3, -0.25) is 4.79 Å². The Morgan fingerprint density at radius 3 is 2.53 bits per heavy atom. The lowest BCUT2D eigenvalue weighted by Gasteiger charge is -2.07. The molecule has 0 aliphatic rings. The van der Waals surface area contributed by atoms with Crippen LogP contribution >= 0.6 is 59.4 Å². The molecule has 98 valence electrons. The number of amides is 1. The Balaban J connectivity index is 2.23. The Bertz CT molecular complexity index is 649. The number of carbonyl (C=O) groups is 1. The summed E-state index contributed by atoms with van der Waals surface area (Å²) in [6.45, 7) is 0. The topological polar surface area (TPSA) is 42.0 Å². The summed E-state index contributed by atoms with van der Waals surface area (Å²) in [6.07, 6.45) is 1.50. The quantitative estimate of drug-likeness (QED) is 0.609. The SMILES string of the molecule is O=C(Nc1cnc(Cl)c(Br)c1)c1ccc(Br)cc1Br. The van der Waals surface area contributed by atoms with Gasteiger partial charge in [0.25, 0.3) is 5.91 Å². The van der Waals surface area contributed by atoms with Crippen LogP contribution in [-0.4, -0.2) is 10.9 Å². The normalized spacial score (nSPS) is 10.3. The zero-order valence-electron chi connectivity index (χ0n) is 9.25. The highest BCUT2D eigenvalue weighted by atomic mass is 79.9. The van der Waals surface area contributed by atoms with Crippen LogP contribution in [0.15, 0.2) is 43.9 Å². The van der Waals surface area contributed by atoms with Crippen LogP contribution in [0.2, 0.25) is 5.15 Å². The van der Waals surface area contributed by atoms with Crippen molar-refractivity contribution in [2.45, 2.75) is 0 Å². The van der Waals surface area contributed by atoms with Gasteiger partial charge in [0, 0.05) is 8.95 Å². The third-order valence-corrected chi connectivity index (χ3v) is 4.51. The lowest BCUT2D eigenvalue weighted by atomic mass is 10.2. The number of nitrogens with one attached hydrogen (secondary N) is 1. The van der Waals surface area contributed by atoms with Crippen molar-refractivity contribution in [3.8, 4) is 0 Å². The van der Waals surface area contributed by atoms with Gasteiger partial charge in [0.2, 0.25) is 0 Å². The van der Waals surface area contributed by atoms with Crippen LogP contribution in [0.4, 0.5) is 5.69 Å². The van der Waals surface area contributed by atoms with E-state index in [-0.39, 0.29) is 5.91 Å². The molecule has 0 saturated heterocycles. The van der Waals surface area contributed by atoms with Crippen LogP contribution in [0.3, 0.4) is 0 Å². The molecule has 3 nitrogen and oxygen atoms in total. The Morgan fingerprint density at radius 2 is 1.89 bits per heavy atom. The maximum Gasteiger partial charge on any atom is 0.256 e. The number of aromatic nitrogens is 1. The molecule has 1 amide bonds. The molecule has 0 unspecified atom stereocenters. The molecular weight excluding hydrogens is 463 g/mol. The number of benzene rings is 1. The fourth-order valence-corrected chi connectivity index (χ4v) is 3.04. The summed E-state index contributed by atoms with van der Waals surface area (Å²) < 4.78 is 2.23. The smallest absolute Gasteiger partial charge is 0.256 e. The van der Waals surface area contributed by atoms with E-state index in [4.69, 9.17) is 11.6 Å². The van der Waals surface area contributed by atoms with Crippen molar-refractivity contribution >= 4 is 71.0 Å². The number of hydrogen-bond acceptors (Lipinski definition) is 2. The second-order valence-corrected chi connectivity index (χ2v) is 6.56. The highest BCUT2D eigenvalue weighted by Crippen LogP contribution is 2.25. The first kappa shape index (κ1) is 15.0. The van der Waals surface area contributed by atoms with Gasteiger partial charge in [0.05, 0.1) is 21.9 Å². The molecule has 19 heavy (non-hydrogen) atoms. The van der Waals surface area contributed by atoms with Crippen LogP contribution in [0.1, 0.15) is 10.4 Å². The predicted molar refractivity (Wildman–Crippen MR) is 86.7 cm³/mol. The zero-order valence-corrected chi connectivity index (χ0v) is 14.8. The molecular formula is C12H6Br3ClN2O. The van der Waals surface area contributed by atoms with E-state index in [2.05, 4.69) is 58.1 Å². The molecule has 0 spiro atoms. The molecule has 0 saturated carbocycles. The molecule has 0 fully saturated rings. The Hall–Kier alpha value is -0.430. The number of hydrogen-bond donors (Lipinski definition) is 1. The number of nitrogens with zero attached hydrogens (tertiary/aromatic N) is 1. The molecule has 1 N–H and O–H groups in total. The van der Waals surface area contributed by atoms with Crippen molar-refractivity contribution in [1.29, 1.82) is 0 Å². The van der Waals surface area contributed by atoms with Crippen molar-refractivity contribution in [2.24, 2.45) is 0 Å². The molecule has 1 heterocycles. The van der Waals surface area contributed by atoms with Crippen molar-refractivity contribution in [3.05, 3.63) is 54.6 Å². The van der Waals surface area contributed by atoms with E-state index in [1.807, 2.05) is 6.07 Å². The van der Waals surface area contributed by atoms with Crippen LogP contribution in [0.5, 0.6) is 0 Å². The number of rotatable bonds is 2. The largest absolute Gasteiger partial charge is 0.321 e. The van der Waals surface area contributed by atoms with Crippen molar-refractivity contribution in [1.82, 2.24) is 4.98 Å². The fourth-order valence-electron chi connectivity index (χ4n) is 1.36. The Labute approximate surface area is 140 Å². The summed E-state index contributed by atoms with van der Waals surface area (Å²) in [7, 11) is 0. The molecule has 1 aromatic heterocycles. The predicted octanol–water partition coefficient (Wildman–Crippen LogP) is 5.27. The molecule has 1 aromatic carbocycles. The highest BCUT2D eigenvalue weighted by molar-refractivity contribution is 9.11. The first-order chi connectivity index (χ1) is 8.97. The minimum atomic E-state index is -0.226. The third-order valence-electron chi connectivity index (χ3n) is 2.23. The van der Waals surface area contributed by atoms with E-state index in [1.165, 1.54) is 6.20 Å². The third kappa shape index (κ3) is 3.78. The number of anilines is 1. The summed E-state index contributed by atoms with van der Waals surface area (Å²) >= 11 is 15.7. The summed E-state index contributed by atoms with van der Waals surface area (Å²) in [6, 6.07) is 7.03. The van der Waals surface area contributed by atoms with E-state index < -0.39 is 0 Å². The average molecular weight is 469 g/mol. The summed E-state index contributed by atoms with van der Waals surface area (Å²) in [5.74, 6) is -0.226. The monoisotopic (exact) mass is 466 g/mol. The maximum absolute atomic E-state index is 12.1. The molecule has 2 rings (SSSR count). The van der Waals surface area contributed by atoms with Crippen LogP contribution in [0, 0.1) is 0 Å². The second-order valence-electron chi connectivity index (χ2n) is 3.57. The molecule has 7 heteroatoms. The van der Waals surface area contributed by atoms with Gasteiger partial charge in [0.15, 0.2) is 0 Å². The lowest BCUT2D eigenvalue weighted by Crippen LogP contribution is -2.12. The summed E-state index contributed by atoms with van der Waals surface area (Å²) in [5, 5.41) is 3.10. The van der Waals surface area contributed by atoms with Gasteiger partial charge in [-0.25, -0.2) is 4.98 Å². The van der Waals surface area contributed by atoms with E-state index >= 15 is 0 Å². The number of halogens is 4. The molecule has 2 aromatic rings. The zero-order chi connectivity index (χ0) is 14.0. The Morgan fingerprint density at radius 1 is 1.16 bits per heavy atom. The van der Waals surface area contributed by atoms with Gasteiger partial charge in [-0.1, -0.05) is 27.5 Å². The van der Waals surface area contributed by atoms with Gasteiger partial charge >= 0.3 is 0 Å². The highest BCUT2D eigenvalue weighted by Gasteiger charge is 2.11. The van der Waals surface area contributed by atoms with E-state index in [0.29, 0.717) is 25.3 Å². The molecule has 0 atom stereocenters. The standard InChI is InChI=1S/C12H6Br3ClN2O/c13-6-1-2-8(9(14)3-6)12(19)18-7-4-10(15)11(16)17-5-7/h1-5H,(H,18,19). The van der Waals surface area contributed by atoms with Gasteiger partial charge in [-0.2, -0.15) is 0 Å². The van der Waals surface area contributed by atoms with E-state index in [0.717, 1.165) is 4.47 Å². The Kier molecular flexibility index (Phi) is 5.00. The van der Waals surface area contributed by atoms with Gasteiger partial charge in [-0.05, 0) is 56.1 Å². The number of pyridine rings is 1. The van der Waals surface area contributed by atoms with Gasteiger partial charge in [0.1, 0.15) is 5.15 Å². The number of carbonyl (C=O) groups excluding carboxylic acids is 1. The molecule has 0 radical (unpaired) electrons. The first-order valence-corrected chi connectivity index (χ1v) is 7.80. The molecule has 0 bridgehead atoms. The van der Waals surface area contributed by atoms with E-state index in [1.54, 1.807) is 18.2 Å². The molecule has 0 aliphatic heterocycles. The minimum absolute atomic E-state index is 0.226. The van der Waals surface area contributed by atoms with Gasteiger partial charge < -0.3 is 5.32 Å². The lowest BCUT2D eigenvalue weighted by molar-refractivity contribution is 0.102. The summed E-state index contributed by atoms with van der Waals surface area (Å²) in [5.41, 5.74) is 1.10. The van der Waals surface area contributed by atoms with Crippen LogP contribution in [-0.2, 0) is 0 Å². The summed E-state index contributed by atoms with van der Waals surface area (Å²) in [4.78, 5) is 16.1. The second kappa shape index (κ2) is 6.35. The first-order valence-electron chi connectivity index (χ1n) is 5.05. The van der Waals surface area contributed by atoms with Crippen molar-refractivity contribution in [3.63, 3.8) is 0 Å². The van der Waals surface area contributed by atoms with E-state index in [9.17, 15) is 4.79 Å². The minimum Gasteiger partial charge on any atom is -0.321 e. The van der Waals surface area contributed by atoms with Crippen molar-refractivity contribution < 1.29 is 4.79 Å². The van der Waals surface area contributed by atoms with Crippen molar-refractivity contribution in [2.75, 3.05) is 5.32 Å².